The van der Waals surface area contributed by atoms with Crippen molar-refractivity contribution < 1.29 is 4.79 Å². The summed E-state index contributed by atoms with van der Waals surface area (Å²) in [5.74, 6) is 1.30. The van der Waals surface area contributed by atoms with Crippen molar-refractivity contribution in [2.75, 3.05) is 6.54 Å². The second kappa shape index (κ2) is 8.98. The maximum atomic E-state index is 12.6. The summed E-state index contributed by atoms with van der Waals surface area (Å²) in [6, 6.07) is 16.8. The second-order valence-corrected chi connectivity index (χ2v) is 6.40. The predicted octanol–water partition coefficient (Wildman–Crippen LogP) is 3.58. The molecule has 3 rings (SSSR count). The Balaban J connectivity index is 1.76. The number of para-hydroxylation sites is 2. The predicted molar refractivity (Wildman–Crippen MR) is 109 cm³/mol. The topological polar surface area (TPSA) is 96.2 Å². The highest BCUT2D eigenvalue weighted by Crippen LogP contribution is 2.20. The van der Waals surface area contributed by atoms with Crippen LogP contribution in [0.4, 0.5) is 0 Å². The van der Waals surface area contributed by atoms with E-state index in [4.69, 9.17) is 5.73 Å². The van der Waals surface area contributed by atoms with Gasteiger partial charge in [-0.25, -0.2) is 4.98 Å². The van der Waals surface area contributed by atoms with Crippen molar-refractivity contribution in [2.24, 2.45) is 10.7 Å². The van der Waals surface area contributed by atoms with Gasteiger partial charge >= 0.3 is 0 Å². The second-order valence-electron chi connectivity index (χ2n) is 6.40. The van der Waals surface area contributed by atoms with E-state index in [9.17, 15) is 4.79 Å². The summed E-state index contributed by atoms with van der Waals surface area (Å²) in [6.07, 6.45) is 2.27. The van der Waals surface area contributed by atoms with E-state index in [1.165, 1.54) is 0 Å². The Morgan fingerprint density at radius 3 is 2.67 bits per heavy atom. The number of amides is 1. The number of aliphatic imine (C=N–C) groups is 1. The summed E-state index contributed by atoms with van der Waals surface area (Å²) in [4.78, 5) is 25.0. The summed E-state index contributed by atoms with van der Waals surface area (Å²) in [6.45, 7) is 2.62. The first kappa shape index (κ1) is 18.6. The third-order valence-corrected chi connectivity index (χ3v) is 4.41. The van der Waals surface area contributed by atoms with Crippen molar-refractivity contribution in [3.63, 3.8) is 0 Å². The molecule has 0 saturated carbocycles. The van der Waals surface area contributed by atoms with E-state index < -0.39 is 0 Å². The van der Waals surface area contributed by atoms with Gasteiger partial charge in [0.1, 0.15) is 5.82 Å². The number of carbonyl (C=O) groups excluding carboxylic acids is 1. The number of H-pyrrole nitrogens is 1. The van der Waals surface area contributed by atoms with Gasteiger partial charge in [0, 0.05) is 18.5 Å². The SMILES string of the molecule is CCC(N)=NCCC[C@H](NC(=O)c1ccccc1)c1nc2ccccc2[nH]1. The molecule has 1 atom stereocenters. The molecule has 0 aliphatic rings. The van der Waals surface area contributed by atoms with Crippen LogP contribution in [0, 0.1) is 0 Å². The van der Waals surface area contributed by atoms with Crippen LogP contribution in [0.1, 0.15) is 48.4 Å². The number of nitrogens with zero attached hydrogens (tertiary/aromatic N) is 2. The van der Waals surface area contributed by atoms with E-state index in [1.54, 1.807) is 12.1 Å². The lowest BCUT2D eigenvalue weighted by Gasteiger charge is -2.16. The van der Waals surface area contributed by atoms with Gasteiger partial charge in [-0.15, -0.1) is 0 Å². The first-order chi connectivity index (χ1) is 13.2. The third-order valence-electron chi connectivity index (χ3n) is 4.41. The van der Waals surface area contributed by atoms with Crippen LogP contribution < -0.4 is 11.1 Å². The fourth-order valence-corrected chi connectivity index (χ4v) is 2.88. The third kappa shape index (κ3) is 4.94. The van der Waals surface area contributed by atoms with Crippen molar-refractivity contribution in [2.45, 2.75) is 32.2 Å². The Hall–Kier alpha value is -3.15. The molecule has 1 aromatic heterocycles. The van der Waals surface area contributed by atoms with Crippen LogP contribution in [0.5, 0.6) is 0 Å². The molecule has 140 valence electrons. The van der Waals surface area contributed by atoms with E-state index in [1.807, 2.05) is 49.4 Å². The maximum Gasteiger partial charge on any atom is 0.251 e. The molecule has 3 aromatic rings. The van der Waals surface area contributed by atoms with Gasteiger partial charge in [0.2, 0.25) is 0 Å². The molecule has 1 heterocycles. The van der Waals surface area contributed by atoms with Crippen LogP contribution in [0.2, 0.25) is 0 Å². The molecule has 0 radical (unpaired) electrons. The van der Waals surface area contributed by atoms with Gasteiger partial charge < -0.3 is 16.0 Å². The fourth-order valence-electron chi connectivity index (χ4n) is 2.88. The number of hydrogen-bond donors (Lipinski definition) is 3. The van der Waals surface area contributed by atoms with Gasteiger partial charge in [-0.2, -0.15) is 0 Å². The van der Waals surface area contributed by atoms with Crippen LogP contribution in [0.15, 0.2) is 59.6 Å². The normalized spacial score (nSPS) is 12.9. The first-order valence-corrected chi connectivity index (χ1v) is 9.26. The van der Waals surface area contributed by atoms with Gasteiger partial charge in [0.05, 0.1) is 22.9 Å². The maximum absolute atomic E-state index is 12.6. The number of benzene rings is 2. The van der Waals surface area contributed by atoms with Crippen LogP contribution in [-0.4, -0.2) is 28.3 Å². The number of imidazole rings is 1. The van der Waals surface area contributed by atoms with Gasteiger partial charge in [-0.05, 0) is 37.1 Å². The van der Waals surface area contributed by atoms with Gasteiger partial charge in [0.15, 0.2) is 0 Å². The molecule has 4 N–H and O–H groups in total. The number of nitrogens with two attached hydrogens (primary N) is 1. The summed E-state index contributed by atoms with van der Waals surface area (Å²) in [5, 5.41) is 3.10. The fraction of sp³-hybridized carbons (Fsp3) is 0.286. The smallest absolute Gasteiger partial charge is 0.251 e. The Labute approximate surface area is 158 Å². The molecule has 0 bridgehead atoms. The summed E-state index contributed by atoms with van der Waals surface area (Å²) < 4.78 is 0. The molecule has 6 heteroatoms. The van der Waals surface area contributed by atoms with Crippen molar-refractivity contribution in [3.8, 4) is 0 Å². The Morgan fingerprint density at radius 1 is 1.19 bits per heavy atom. The number of amidine groups is 1. The van der Waals surface area contributed by atoms with Crippen molar-refractivity contribution in [1.82, 2.24) is 15.3 Å². The molecule has 1 amide bonds. The zero-order chi connectivity index (χ0) is 19.1. The largest absolute Gasteiger partial charge is 0.387 e. The average molecular weight is 363 g/mol. The quantitative estimate of drug-likeness (QED) is 0.324. The highest BCUT2D eigenvalue weighted by atomic mass is 16.1. The number of rotatable bonds is 8. The van der Waals surface area contributed by atoms with E-state index in [0.29, 0.717) is 17.9 Å². The van der Waals surface area contributed by atoms with Gasteiger partial charge in [0.25, 0.3) is 5.91 Å². The standard InChI is InChI=1S/C21H25N5O/c1-2-19(22)23-14-8-13-18(26-21(27)15-9-4-3-5-10-15)20-24-16-11-6-7-12-17(16)25-20/h3-7,9-12,18H,2,8,13-14H2,1H3,(H2,22,23)(H,24,25)(H,26,27)/t18-/m0/s1. The summed E-state index contributed by atoms with van der Waals surface area (Å²) in [5.41, 5.74) is 8.25. The molecule has 0 saturated heterocycles. The number of fused-ring (bicyclic) bond motifs is 1. The van der Waals surface area contributed by atoms with Gasteiger partial charge in [-0.3, -0.25) is 9.79 Å². The zero-order valence-electron chi connectivity index (χ0n) is 15.5. The molecule has 6 nitrogen and oxygen atoms in total. The molecule has 0 fully saturated rings. The minimum atomic E-state index is -0.219. The molecule has 0 aliphatic carbocycles. The highest BCUT2D eigenvalue weighted by Gasteiger charge is 2.19. The van der Waals surface area contributed by atoms with Crippen LogP contribution in [0.25, 0.3) is 11.0 Å². The van der Waals surface area contributed by atoms with E-state index in [2.05, 4.69) is 20.3 Å². The average Bonchev–Trinajstić information content (AvgIpc) is 3.14. The lowest BCUT2D eigenvalue weighted by Crippen LogP contribution is -2.29. The lowest BCUT2D eigenvalue weighted by molar-refractivity contribution is 0.0932. The summed E-state index contributed by atoms with van der Waals surface area (Å²) >= 11 is 0. The Morgan fingerprint density at radius 2 is 1.93 bits per heavy atom. The van der Waals surface area contributed by atoms with E-state index in [-0.39, 0.29) is 11.9 Å². The Bertz CT molecular complexity index is 883. The first-order valence-electron chi connectivity index (χ1n) is 9.26. The lowest BCUT2D eigenvalue weighted by atomic mass is 10.1. The molecular formula is C21H25N5O. The van der Waals surface area contributed by atoms with Crippen molar-refractivity contribution >= 4 is 22.8 Å². The van der Waals surface area contributed by atoms with E-state index in [0.717, 1.165) is 36.1 Å². The Kier molecular flexibility index (Phi) is 6.20. The van der Waals surface area contributed by atoms with Crippen LogP contribution in [0.3, 0.4) is 0 Å². The minimum absolute atomic E-state index is 0.113. The van der Waals surface area contributed by atoms with Crippen LogP contribution >= 0.6 is 0 Å². The van der Waals surface area contributed by atoms with Crippen molar-refractivity contribution in [1.29, 1.82) is 0 Å². The molecule has 0 spiro atoms. The van der Waals surface area contributed by atoms with E-state index >= 15 is 0 Å². The van der Waals surface area contributed by atoms with Gasteiger partial charge in [-0.1, -0.05) is 37.3 Å². The number of nitrogens with one attached hydrogen (secondary N) is 2. The highest BCUT2D eigenvalue weighted by molar-refractivity contribution is 5.94. The number of carbonyl (C=O) groups is 1. The number of aromatic amines is 1. The zero-order valence-corrected chi connectivity index (χ0v) is 15.5. The molecule has 0 aliphatic heterocycles. The molecular weight excluding hydrogens is 338 g/mol. The summed E-state index contributed by atoms with van der Waals surface area (Å²) in [7, 11) is 0. The van der Waals surface area contributed by atoms with Crippen molar-refractivity contribution in [3.05, 3.63) is 66.0 Å². The monoisotopic (exact) mass is 363 g/mol. The number of aromatic nitrogens is 2. The minimum Gasteiger partial charge on any atom is -0.387 e. The number of hydrogen-bond acceptors (Lipinski definition) is 3. The van der Waals surface area contributed by atoms with Crippen LogP contribution in [-0.2, 0) is 0 Å². The molecule has 2 aromatic carbocycles. The molecule has 0 unspecified atom stereocenters. The molecule has 27 heavy (non-hydrogen) atoms.